The quantitative estimate of drug-likeness (QED) is 0.923. The van der Waals surface area contributed by atoms with E-state index in [1.165, 1.54) is 6.07 Å². The number of carbonyl (C=O) groups is 1. The largest absolute Gasteiger partial charge is 0.341 e. The number of hydrogen-bond acceptors (Lipinski definition) is 2. The molecule has 2 rings (SSSR count). The van der Waals surface area contributed by atoms with Crippen molar-refractivity contribution in [3.63, 3.8) is 0 Å². The molecule has 20 heavy (non-hydrogen) atoms. The van der Waals surface area contributed by atoms with Crippen molar-refractivity contribution in [3.05, 3.63) is 35.6 Å². The van der Waals surface area contributed by atoms with E-state index >= 15 is 0 Å². The van der Waals surface area contributed by atoms with Gasteiger partial charge in [-0.05, 0) is 42.4 Å². The zero-order valence-corrected chi connectivity index (χ0v) is 12.2. The molecule has 3 nitrogen and oxygen atoms in total. The van der Waals surface area contributed by atoms with E-state index in [9.17, 15) is 9.18 Å². The Morgan fingerprint density at radius 2 is 2.00 bits per heavy atom. The van der Waals surface area contributed by atoms with E-state index < -0.39 is 6.04 Å². The number of benzene rings is 1. The summed E-state index contributed by atoms with van der Waals surface area (Å²) >= 11 is 0. The van der Waals surface area contributed by atoms with Gasteiger partial charge in [0.25, 0.3) is 0 Å². The van der Waals surface area contributed by atoms with Crippen molar-refractivity contribution in [2.45, 2.75) is 38.6 Å². The van der Waals surface area contributed by atoms with Crippen LogP contribution in [0.5, 0.6) is 0 Å². The van der Waals surface area contributed by atoms with E-state index in [-0.39, 0.29) is 17.6 Å². The lowest BCUT2D eigenvalue weighted by atomic mass is 9.89. The average molecular weight is 278 g/mol. The molecule has 0 aliphatic carbocycles. The van der Waals surface area contributed by atoms with E-state index in [4.69, 9.17) is 5.73 Å². The van der Waals surface area contributed by atoms with Gasteiger partial charge >= 0.3 is 0 Å². The maximum atomic E-state index is 13.2. The minimum absolute atomic E-state index is 0.0395. The van der Waals surface area contributed by atoms with E-state index in [0.29, 0.717) is 19.0 Å². The van der Waals surface area contributed by atoms with Gasteiger partial charge in [-0.25, -0.2) is 4.39 Å². The van der Waals surface area contributed by atoms with Crippen molar-refractivity contribution in [2.24, 2.45) is 11.7 Å². The molecular formula is C16H23FN2O. The highest BCUT2D eigenvalue weighted by Gasteiger charge is 2.28. The van der Waals surface area contributed by atoms with Gasteiger partial charge in [0.2, 0.25) is 5.91 Å². The second kappa shape index (κ2) is 6.35. The molecule has 0 bridgehead atoms. The van der Waals surface area contributed by atoms with E-state index in [1.54, 1.807) is 12.1 Å². The summed E-state index contributed by atoms with van der Waals surface area (Å²) in [4.78, 5) is 14.0. The molecule has 4 heteroatoms. The summed E-state index contributed by atoms with van der Waals surface area (Å²) in [5.74, 6) is 0.342. The van der Waals surface area contributed by atoms with Crippen LogP contribution in [0.4, 0.5) is 4.39 Å². The third-order valence-electron chi connectivity index (χ3n) is 4.13. The smallest absolute Gasteiger partial charge is 0.239 e. The predicted octanol–water partition coefficient (Wildman–Crippen LogP) is 2.52. The third kappa shape index (κ3) is 3.37. The van der Waals surface area contributed by atoms with E-state index in [0.717, 1.165) is 18.4 Å². The van der Waals surface area contributed by atoms with E-state index in [2.05, 4.69) is 0 Å². The summed E-state index contributed by atoms with van der Waals surface area (Å²) in [6.07, 6.45) is 1.75. The molecule has 1 aromatic carbocycles. The van der Waals surface area contributed by atoms with E-state index in [1.807, 2.05) is 24.8 Å². The van der Waals surface area contributed by atoms with Crippen LogP contribution in [0.15, 0.2) is 24.3 Å². The Bertz CT molecular complexity index is 467. The van der Waals surface area contributed by atoms with Gasteiger partial charge in [-0.2, -0.15) is 0 Å². The molecule has 1 unspecified atom stereocenters. The maximum Gasteiger partial charge on any atom is 0.239 e. The summed E-state index contributed by atoms with van der Waals surface area (Å²) < 4.78 is 13.2. The van der Waals surface area contributed by atoms with Crippen LogP contribution in [0.1, 0.15) is 38.2 Å². The van der Waals surface area contributed by atoms with Crippen molar-refractivity contribution < 1.29 is 9.18 Å². The number of piperidine rings is 1. The van der Waals surface area contributed by atoms with Crippen LogP contribution in [0, 0.1) is 11.7 Å². The molecule has 2 N–H and O–H groups in total. The summed E-state index contributed by atoms with van der Waals surface area (Å²) in [7, 11) is 0. The standard InChI is InChI=1S/C16H23FN2O/c1-11(2)15(18)16(20)19-8-6-12(7-9-19)13-4-3-5-14(17)10-13/h3-5,10-12,15H,6-9,18H2,1-2H3. The first-order valence-corrected chi connectivity index (χ1v) is 7.29. The van der Waals surface area contributed by atoms with Crippen molar-refractivity contribution in [1.29, 1.82) is 0 Å². The Morgan fingerprint density at radius 1 is 1.35 bits per heavy atom. The molecule has 1 heterocycles. The highest BCUT2D eigenvalue weighted by molar-refractivity contribution is 5.82. The molecule has 1 atom stereocenters. The minimum Gasteiger partial charge on any atom is -0.341 e. The fourth-order valence-corrected chi connectivity index (χ4v) is 2.69. The molecule has 0 saturated carbocycles. The monoisotopic (exact) mass is 278 g/mol. The van der Waals surface area contributed by atoms with Crippen molar-refractivity contribution >= 4 is 5.91 Å². The van der Waals surface area contributed by atoms with Crippen LogP contribution >= 0.6 is 0 Å². The van der Waals surface area contributed by atoms with Crippen molar-refractivity contribution in [1.82, 2.24) is 4.90 Å². The Hall–Kier alpha value is -1.42. The fourth-order valence-electron chi connectivity index (χ4n) is 2.69. The van der Waals surface area contributed by atoms with Gasteiger partial charge in [0.15, 0.2) is 0 Å². The summed E-state index contributed by atoms with van der Waals surface area (Å²) in [5, 5.41) is 0. The lowest BCUT2D eigenvalue weighted by Crippen LogP contribution is -2.49. The van der Waals surface area contributed by atoms with Gasteiger partial charge in [-0.15, -0.1) is 0 Å². The number of carbonyl (C=O) groups excluding carboxylic acids is 1. The second-order valence-corrected chi connectivity index (χ2v) is 5.92. The highest BCUT2D eigenvalue weighted by atomic mass is 19.1. The first kappa shape index (κ1) is 15.0. The maximum absolute atomic E-state index is 13.2. The highest BCUT2D eigenvalue weighted by Crippen LogP contribution is 2.28. The first-order chi connectivity index (χ1) is 9.49. The Morgan fingerprint density at radius 3 is 2.55 bits per heavy atom. The molecular weight excluding hydrogens is 255 g/mol. The predicted molar refractivity (Wildman–Crippen MR) is 77.8 cm³/mol. The molecule has 1 aliphatic heterocycles. The number of likely N-dealkylation sites (tertiary alicyclic amines) is 1. The van der Waals surface area contributed by atoms with Crippen molar-refractivity contribution in [3.8, 4) is 0 Å². The Kier molecular flexibility index (Phi) is 4.76. The van der Waals surface area contributed by atoms with Crippen LogP contribution in [0.25, 0.3) is 0 Å². The van der Waals surface area contributed by atoms with Gasteiger partial charge in [0, 0.05) is 13.1 Å². The Labute approximate surface area is 120 Å². The SMILES string of the molecule is CC(C)C(N)C(=O)N1CCC(c2cccc(F)c2)CC1. The summed E-state index contributed by atoms with van der Waals surface area (Å²) in [6.45, 7) is 5.34. The molecule has 1 saturated heterocycles. The fraction of sp³-hybridized carbons (Fsp3) is 0.562. The van der Waals surface area contributed by atoms with Crippen LogP contribution in [0.2, 0.25) is 0 Å². The molecule has 0 spiro atoms. The topological polar surface area (TPSA) is 46.3 Å². The molecule has 0 radical (unpaired) electrons. The van der Waals surface area contributed by atoms with Gasteiger partial charge in [-0.3, -0.25) is 4.79 Å². The molecule has 1 amide bonds. The Balaban J connectivity index is 1.94. The zero-order chi connectivity index (χ0) is 14.7. The molecule has 1 fully saturated rings. The number of rotatable bonds is 3. The zero-order valence-electron chi connectivity index (χ0n) is 12.2. The molecule has 0 aromatic heterocycles. The number of amides is 1. The number of nitrogens with zero attached hydrogens (tertiary/aromatic N) is 1. The number of nitrogens with two attached hydrogens (primary N) is 1. The summed E-state index contributed by atoms with van der Waals surface area (Å²) in [5.41, 5.74) is 6.95. The lowest BCUT2D eigenvalue weighted by Gasteiger charge is -2.34. The summed E-state index contributed by atoms with van der Waals surface area (Å²) in [6, 6.07) is 6.36. The lowest BCUT2D eigenvalue weighted by molar-refractivity contribution is -0.134. The van der Waals surface area contributed by atoms with Crippen LogP contribution in [-0.2, 0) is 4.79 Å². The molecule has 110 valence electrons. The van der Waals surface area contributed by atoms with Gasteiger partial charge in [0.1, 0.15) is 5.82 Å². The van der Waals surface area contributed by atoms with Crippen molar-refractivity contribution in [2.75, 3.05) is 13.1 Å². The third-order valence-corrected chi connectivity index (χ3v) is 4.13. The number of hydrogen-bond donors (Lipinski definition) is 1. The van der Waals surface area contributed by atoms with Crippen LogP contribution < -0.4 is 5.73 Å². The first-order valence-electron chi connectivity index (χ1n) is 7.29. The van der Waals surface area contributed by atoms with Gasteiger partial charge < -0.3 is 10.6 Å². The minimum atomic E-state index is -0.416. The molecule has 1 aliphatic rings. The van der Waals surface area contributed by atoms with Gasteiger partial charge in [0.05, 0.1) is 6.04 Å². The van der Waals surface area contributed by atoms with Gasteiger partial charge in [-0.1, -0.05) is 26.0 Å². The second-order valence-electron chi connectivity index (χ2n) is 5.92. The number of halogens is 1. The van der Waals surface area contributed by atoms with Crippen LogP contribution in [0.3, 0.4) is 0 Å². The molecule has 1 aromatic rings. The van der Waals surface area contributed by atoms with Crippen LogP contribution in [-0.4, -0.2) is 29.9 Å². The normalized spacial score (nSPS) is 18.4. The average Bonchev–Trinajstić information content (AvgIpc) is 2.46.